The molecule has 2 aromatic rings. The number of hydrogen-bond donors (Lipinski definition) is 1. The first-order chi connectivity index (χ1) is 9.22. The molecule has 0 radical (unpaired) electrons. The molecule has 0 aliphatic heterocycles. The minimum atomic E-state index is 0.495. The average Bonchev–Trinajstić information content (AvgIpc) is 2.79. The van der Waals surface area contributed by atoms with Crippen molar-refractivity contribution in [3.05, 3.63) is 63.9 Å². The second kappa shape index (κ2) is 5.32. The Labute approximate surface area is 118 Å². The van der Waals surface area contributed by atoms with Gasteiger partial charge in [-0.2, -0.15) is 0 Å². The predicted molar refractivity (Wildman–Crippen MR) is 78.5 cm³/mol. The van der Waals surface area contributed by atoms with Crippen molar-refractivity contribution in [1.82, 2.24) is 10.3 Å². The molecule has 1 N–H and O–H groups in total. The van der Waals surface area contributed by atoms with Crippen LogP contribution in [0.5, 0.6) is 0 Å². The van der Waals surface area contributed by atoms with E-state index in [9.17, 15) is 0 Å². The van der Waals surface area contributed by atoms with Gasteiger partial charge in [-0.3, -0.25) is 4.98 Å². The standard InChI is InChI=1S/C16H17ClN2/c1-11-3-2-6-18-16(11)10-19-15-8-12-4-5-14(17)7-13(12)9-15/h2-7,15,19H,8-10H2,1H3. The maximum absolute atomic E-state index is 6.03. The summed E-state index contributed by atoms with van der Waals surface area (Å²) < 4.78 is 0. The van der Waals surface area contributed by atoms with E-state index in [1.54, 1.807) is 0 Å². The Morgan fingerprint density at radius 3 is 2.95 bits per heavy atom. The number of nitrogens with one attached hydrogen (secondary N) is 1. The zero-order valence-corrected chi connectivity index (χ0v) is 11.7. The average molecular weight is 273 g/mol. The molecule has 0 fully saturated rings. The van der Waals surface area contributed by atoms with Crippen molar-refractivity contribution in [2.75, 3.05) is 0 Å². The van der Waals surface area contributed by atoms with Gasteiger partial charge in [-0.05, 0) is 54.7 Å². The molecule has 1 aliphatic rings. The SMILES string of the molecule is Cc1cccnc1CNC1Cc2ccc(Cl)cc2C1. The summed E-state index contributed by atoms with van der Waals surface area (Å²) in [4.78, 5) is 4.42. The first-order valence-corrected chi connectivity index (χ1v) is 7.01. The Bertz CT molecular complexity index is 595. The Morgan fingerprint density at radius 2 is 2.11 bits per heavy atom. The van der Waals surface area contributed by atoms with Gasteiger partial charge in [0.15, 0.2) is 0 Å². The molecule has 0 bridgehead atoms. The van der Waals surface area contributed by atoms with E-state index < -0.39 is 0 Å². The molecule has 1 aromatic carbocycles. The monoisotopic (exact) mass is 272 g/mol. The van der Waals surface area contributed by atoms with Gasteiger partial charge in [0.2, 0.25) is 0 Å². The molecule has 0 saturated heterocycles. The van der Waals surface area contributed by atoms with Crippen molar-refractivity contribution in [3.63, 3.8) is 0 Å². The van der Waals surface area contributed by atoms with Crippen LogP contribution in [-0.2, 0) is 19.4 Å². The lowest BCUT2D eigenvalue weighted by Gasteiger charge is -2.12. The number of halogens is 1. The highest BCUT2D eigenvalue weighted by Gasteiger charge is 2.21. The van der Waals surface area contributed by atoms with Crippen LogP contribution in [-0.4, -0.2) is 11.0 Å². The Hall–Kier alpha value is -1.38. The van der Waals surface area contributed by atoms with Crippen molar-refractivity contribution < 1.29 is 0 Å². The van der Waals surface area contributed by atoms with Crippen LogP contribution in [0, 0.1) is 6.92 Å². The molecule has 2 nitrogen and oxygen atoms in total. The number of pyridine rings is 1. The smallest absolute Gasteiger partial charge is 0.0570 e. The summed E-state index contributed by atoms with van der Waals surface area (Å²) in [6, 6.07) is 10.8. The van der Waals surface area contributed by atoms with Crippen LogP contribution in [0.2, 0.25) is 5.02 Å². The molecular weight excluding hydrogens is 256 g/mol. The van der Waals surface area contributed by atoms with Gasteiger partial charge in [0.1, 0.15) is 0 Å². The van der Waals surface area contributed by atoms with Crippen molar-refractivity contribution >= 4 is 11.6 Å². The molecule has 3 rings (SSSR count). The lowest BCUT2D eigenvalue weighted by Crippen LogP contribution is -2.29. The van der Waals surface area contributed by atoms with Crippen molar-refractivity contribution in [3.8, 4) is 0 Å². The van der Waals surface area contributed by atoms with Crippen LogP contribution in [0.1, 0.15) is 22.4 Å². The number of fused-ring (bicyclic) bond motifs is 1. The number of rotatable bonds is 3. The minimum absolute atomic E-state index is 0.495. The molecule has 19 heavy (non-hydrogen) atoms. The van der Waals surface area contributed by atoms with E-state index in [2.05, 4.69) is 35.4 Å². The summed E-state index contributed by atoms with van der Waals surface area (Å²) in [6.45, 7) is 2.94. The summed E-state index contributed by atoms with van der Waals surface area (Å²) in [6.07, 6.45) is 3.99. The Balaban J connectivity index is 1.63. The zero-order valence-electron chi connectivity index (χ0n) is 11.0. The van der Waals surface area contributed by atoms with E-state index in [0.29, 0.717) is 6.04 Å². The normalized spacial score (nSPS) is 17.5. The topological polar surface area (TPSA) is 24.9 Å². The van der Waals surface area contributed by atoms with Gasteiger partial charge in [-0.25, -0.2) is 0 Å². The van der Waals surface area contributed by atoms with E-state index in [1.807, 2.05) is 18.3 Å². The third-order valence-corrected chi connectivity index (χ3v) is 4.01. The number of benzene rings is 1. The van der Waals surface area contributed by atoms with E-state index in [-0.39, 0.29) is 0 Å². The fourth-order valence-electron chi connectivity index (χ4n) is 2.68. The molecule has 1 aromatic heterocycles. The van der Waals surface area contributed by atoms with Crippen LogP contribution >= 0.6 is 11.6 Å². The highest BCUT2D eigenvalue weighted by Crippen LogP contribution is 2.25. The zero-order chi connectivity index (χ0) is 13.2. The van der Waals surface area contributed by atoms with Gasteiger partial charge >= 0.3 is 0 Å². The highest BCUT2D eigenvalue weighted by atomic mass is 35.5. The molecule has 1 atom stereocenters. The second-order valence-corrected chi connectivity index (χ2v) is 5.60. The number of aryl methyl sites for hydroxylation is 1. The largest absolute Gasteiger partial charge is 0.308 e. The van der Waals surface area contributed by atoms with E-state index >= 15 is 0 Å². The quantitative estimate of drug-likeness (QED) is 0.927. The van der Waals surface area contributed by atoms with E-state index in [4.69, 9.17) is 11.6 Å². The van der Waals surface area contributed by atoms with E-state index in [1.165, 1.54) is 16.7 Å². The van der Waals surface area contributed by atoms with Gasteiger partial charge in [-0.15, -0.1) is 0 Å². The first-order valence-electron chi connectivity index (χ1n) is 6.63. The molecule has 3 heteroatoms. The summed E-state index contributed by atoms with van der Waals surface area (Å²) >= 11 is 6.03. The fourth-order valence-corrected chi connectivity index (χ4v) is 2.87. The molecular formula is C16H17ClN2. The van der Waals surface area contributed by atoms with Crippen molar-refractivity contribution in [2.24, 2.45) is 0 Å². The maximum Gasteiger partial charge on any atom is 0.0570 e. The van der Waals surface area contributed by atoms with Crippen LogP contribution in [0.4, 0.5) is 0 Å². The lowest BCUT2D eigenvalue weighted by molar-refractivity contribution is 0.526. The van der Waals surface area contributed by atoms with Gasteiger partial charge in [0.05, 0.1) is 5.69 Å². The lowest BCUT2D eigenvalue weighted by atomic mass is 10.1. The highest BCUT2D eigenvalue weighted by molar-refractivity contribution is 6.30. The molecule has 1 heterocycles. The third-order valence-electron chi connectivity index (χ3n) is 3.78. The Kier molecular flexibility index (Phi) is 3.54. The summed E-state index contributed by atoms with van der Waals surface area (Å²) in [5.41, 5.74) is 5.17. The van der Waals surface area contributed by atoms with Gasteiger partial charge in [0.25, 0.3) is 0 Å². The maximum atomic E-state index is 6.03. The first kappa shape index (κ1) is 12.6. The van der Waals surface area contributed by atoms with Gasteiger partial charge in [-0.1, -0.05) is 23.7 Å². The molecule has 98 valence electrons. The summed E-state index contributed by atoms with van der Waals surface area (Å²) in [5, 5.41) is 4.43. The van der Waals surface area contributed by atoms with Crippen LogP contribution in [0.25, 0.3) is 0 Å². The van der Waals surface area contributed by atoms with Crippen LogP contribution in [0.15, 0.2) is 36.5 Å². The predicted octanol–water partition coefficient (Wildman–Crippen LogP) is 3.30. The molecule has 0 spiro atoms. The molecule has 1 unspecified atom stereocenters. The molecule has 1 aliphatic carbocycles. The fraction of sp³-hybridized carbons (Fsp3) is 0.312. The number of aromatic nitrogens is 1. The number of nitrogens with zero attached hydrogens (tertiary/aromatic N) is 1. The Morgan fingerprint density at radius 1 is 1.26 bits per heavy atom. The van der Waals surface area contributed by atoms with Crippen LogP contribution < -0.4 is 5.32 Å². The minimum Gasteiger partial charge on any atom is -0.308 e. The third kappa shape index (κ3) is 2.80. The second-order valence-electron chi connectivity index (χ2n) is 5.17. The van der Waals surface area contributed by atoms with Gasteiger partial charge in [0, 0.05) is 23.8 Å². The van der Waals surface area contributed by atoms with Crippen molar-refractivity contribution in [1.29, 1.82) is 0 Å². The van der Waals surface area contributed by atoms with Crippen LogP contribution in [0.3, 0.4) is 0 Å². The number of hydrogen-bond acceptors (Lipinski definition) is 2. The summed E-state index contributed by atoms with van der Waals surface area (Å²) in [5.74, 6) is 0. The van der Waals surface area contributed by atoms with Crippen molar-refractivity contribution in [2.45, 2.75) is 32.4 Å². The summed E-state index contributed by atoms with van der Waals surface area (Å²) in [7, 11) is 0. The van der Waals surface area contributed by atoms with Gasteiger partial charge < -0.3 is 5.32 Å². The molecule has 0 amide bonds. The van der Waals surface area contributed by atoms with E-state index in [0.717, 1.165) is 30.1 Å². The molecule has 0 saturated carbocycles.